The van der Waals surface area contributed by atoms with Crippen LogP contribution in [0.1, 0.15) is 5.76 Å². The summed E-state index contributed by atoms with van der Waals surface area (Å²) in [5.74, 6) is 1.52. The zero-order chi connectivity index (χ0) is 14.6. The van der Waals surface area contributed by atoms with Crippen molar-refractivity contribution >= 4 is 17.1 Å². The normalized spacial score (nSPS) is 14.0. The molecule has 1 aliphatic heterocycles. The number of nitrogens with zero attached hydrogens (tertiary/aromatic N) is 4. The molecule has 8 heteroatoms. The summed E-state index contributed by atoms with van der Waals surface area (Å²) in [5.41, 5.74) is -0.00880. The number of nitrogens with one attached hydrogen (secondary N) is 1. The maximum atomic E-state index is 12.0. The molecule has 0 saturated heterocycles. The Morgan fingerprint density at radius 2 is 2.24 bits per heavy atom. The standard InChI is InChI=1S/C13H13N5O3/c1-16-10-9(11(19)15-13(16)20)18-5-4-17(12(18)14-10)7-8-3-2-6-21-8/h2-3,6H,4-5,7H2,1H3,(H,15,19,20). The van der Waals surface area contributed by atoms with E-state index in [1.54, 1.807) is 13.3 Å². The van der Waals surface area contributed by atoms with Crippen LogP contribution in [0.5, 0.6) is 0 Å². The molecule has 0 spiro atoms. The summed E-state index contributed by atoms with van der Waals surface area (Å²) < 4.78 is 8.55. The van der Waals surface area contributed by atoms with E-state index in [9.17, 15) is 9.59 Å². The molecule has 108 valence electrons. The number of furan rings is 1. The summed E-state index contributed by atoms with van der Waals surface area (Å²) in [7, 11) is 1.60. The third-order valence-electron chi connectivity index (χ3n) is 3.79. The lowest BCUT2D eigenvalue weighted by Crippen LogP contribution is -2.29. The van der Waals surface area contributed by atoms with E-state index in [0.717, 1.165) is 12.3 Å². The zero-order valence-electron chi connectivity index (χ0n) is 11.4. The molecule has 0 radical (unpaired) electrons. The first-order valence-electron chi connectivity index (χ1n) is 6.62. The van der Waals surface area contributed by atoms with Crippen LogP contribution in [0.4, 0.5) is 5.95 Å². The minimum Gasteiger partial charge on any atom is -0.467 e. The molecule has 3 aromatic heterocycles. The van der Waals surface area contributed by atoms with Gasteiger partial charge >= 0.3 is 5.69 Å². The minimum atomic E-state index is -0.457. The largest absolute Gasteiger partial charge is 0.467 e. The highest BCUT2D eigenvalue weighted by Crippen LogP contribution is 2.26. The molecule has 4 heterocycles. The van der Waals surface area contributed by atoms with Crippen LogP contribution >= 0.6 is 0 Å². The Bertz CT molecular complexity index is 931. The van der Waals surface area contributed by atoms with E-state index >= 15 is 0 Å². The van der Waals surface area contributed by atoms with Gasteiger partial charge in [-0.05, 0) is 12.1 Å². The monoisotopic (exact) mass is 287 g/mol. The Kier molecular flexibility index (Phi) is 2.35. The summed E-state index contributed by atoms with van der Waals surface area (Å²) in [6.45, 7) is 2.00. The van der Waals surface area contributed by atoms with E-state index in [0.29, 0.717) is 30.2 Å². The maximum absolute atomic E-state index is 12.0. The fourth-order valence-corrected chi connectivity index (χ4v) is 2.74. The van der Waals surface area contributed by atoms with E-state index in [4.69, 9.17) is 4.42 Å². The second kappa shape index (κ2) is 4.11. The first-order chi connectivity index (χ1) is 10.1. The number of hydrogen-bond acceptors (Lipinski definition) is 5. The van der Waals surface area contributed by atoms with E-state index in [1.807, 2.05) is 21.6 Å². The van der Waals surface area contributed by atoms with Crippen LogP contribution in [0.15, 0.2) is 32.4 Å². The molecule has 8 nitrogen and oxygen atoms in total. The van der Waals surface area contributed by atoms with Crippen LogP contribution in [-0.2, 0) is 20.1 Å². The Morgan fingerprint density at radius 3 is 3.00 bits per heavy atom. The van der Waals surface area contributed by atoms with Gasteiger partial charge in [0.05, 0.1) is 12.8 Å². The summed E-state index contributed by atoms with van der Waals surface area (Å²) in [5, 5.41) is 0. The van der Waals surface area contributed by atoms with Crippen LogP contribution in [0.25, 0.3) is 11.2 Å². The molecule has 21 heavy (non-hydrogen) atoms. The second-order valence-corrected chi connectivity index (χ2v) is 5.05. The number of hydrogen-bond donors (Lipinski definition) is 1. The first kappa shape index (κ1) is 12.0. The van der Waals surface area contributed by atoms with Gasteiger partial charge in [0.25, 0.3) is 5.56 Å². The van der Waals surface area contributed by atoms with Gasteiger partial charge in [-0.15, -0.1) is 0 Å². The van der Waals surface area contributed by atoms with Gasteiger partial charge in [0.1, 0.15) is 5.76 Å². The molecule has 0 atom stereocenters. The molecule has 0 aliphatic carbocycles. The number of aromatic nitrogens is 4. The second-order valence-electron chi connectivity index (χ2n) is 5.05. The molecule has 1 aliphatic rings. The predicted octanol–water partition coefficient (Wildman–Crippen LogP) is 0.0365. The molecule has 0 unspecified atom stereocenters. The first-order valence-corrected chi connectivity index (χ1v) is 6.62. The molecule has 0 fully saturated rings. The van der Waals surface area contributed by atoms with E-state index in [1.165, 1.54) is 4.57 Å². The number of H-pyrrole nitrogens is 1. The van der Waals surface area contributed by atoms with Crippen molar-refractivity contribution in [3.63, 3.8) is 0 Å². The highest BCUT2D eigenvalue weighted by Gasteiger charge is 2.26. The van der Waals surface area contributed by atoms with Gasteiger partial charge in [-0.3, -0.25) is 14.3 Å². The molecule has 1 N–H and O–H groups in total. The number of aromatic amines is 1. The number of fused-ring (bicyclic) bond motifs is 3. The topological polar surface area (TPSA) is 89.1 Å². The summed E-state index contributed by atoms with van der Waals surface area (Å²) in [6, 6.07) is 3.73. The van der Waals surface area contributed by atoms with Crippen molar-refractivity contribution in [2.75, 3.05) is 11.4 Å². The van der Waals surface area contributed by atoms with Crippen molar-refractivity contribution < 1.29 is 4.42 Å². The highest BCUT2D eigenvalue weighted by molar-refractivity contribution is 5.75. The van der Waals surface area contributed by atoms with Crippen molar-refractivity contribution in [1.29, 1.82) is 0 Å². The van der Waals surface area contributed by atoms with Crippen LogP contribution in [-0.4, -0.2) is 25.6 Å². The van der Waals surface area contributed by atoms with Crippen molar-refractivity contribution in [2.45, 2.75) is 13.1 Å². The Labute approximate surface area is 118 Å². The average Bonchev–Trinajstić information content (AvgIpc) is 3.14. The van der Waals surface area contributed by atoms with Gasteiger partial charge in [0.15, 0.2) is 11.2 Å². The van der Waals surface area contributed by atoms with Gasteiger partial charge < -0.3 is 13.9 Å². The van der Waals surface area contributed by atoms with Gasteiger partial charge in [0, 0.05) is 20.1 Å². The third kappa shape index (κ3) is 1.65. The zero-order valence-corrected chi connectivity index (χ0v) is 11.4. The van der Waals surface area contributed by atoms with Crippen molar-refractivity contribution in [3.05, 3.63) is 45.0 Å². The molecule has 4 rings (SSSR count). The van der Waals surface area contributed by atoms with Crippen LogP contribution in [0, 0.1) is 0 Å². The van der Waals surface area contributed by atoms with E-state index in [2.05, 4.69) is 9.97 Å². The van der Waals surface area contributed by atoms with Crippen molar-refractivity contribution in [3.8, 4) is 0 Å². The lowest BCUT2D eigenvalue weighted by molar-refractivity contribution is 0.504. The molecule has 0 amide bonds. The van der Waals surface area contributed by atoms with Crippen molar-refractivity contribution in [2.24, 2.45) is 7.05 Å². The minimum absolute atomic E-state index is 0.397. The fourth-order valence-electron chi connectivity index (χ4n) is 2.74. The molecule has 0 bridgehead atoms. The van der Waals surface area contributed by atoms with Gasteiger partial charge in [-0.1, -0.05) is 0 Å². The fraction of sp³-hybridized carbons (Fsp3) is 0.308. The number of imidazole rings is 1. The predicted molar refractivity (Wildman–Crippen MR) is 75.4 cm³/mol. The van der Waals surface area contributed by atoms with E-state index < -0.39 is 11.2 Å². The number of anilines is 1. The van der Waals surface area contributed by atoms with Crippen LogP contribution < -0.4 is 16.1 Å². The third-order valence-corrected chi connectivity index (χ3v) is 3.79. The Morgan fingerprint density at radius 1 is 1.38 bits per heavy atom. The lowest BCUT2D eigenvalue weighted by Gasteiger charge is -2.13. The van der Waals surface area contributed by atoms with Crippen molar-refractivity contribution in [1.82, 2.24) is 19.1 Å². The summed E-state index contributed by atoms with van der Waals surface area (Å²) in [4.78, 5) is 32.5. The summed E-state index contributed by atoms with van der Waals surface area (Å²) >= 11 is 0. The molecular formula is C13H13N5O3. The molecular weight excluding hydrogens is 274 g/mol. The van der Waals surface area contributed by atoms with Gasteiger partial charge in [0.2, 0.25) is 5.95 Å². The quantitative estimate of drug-likeness (QED) is 0.718. The Hall–Kier alpha value is -2.77. The Balaban J connectivity index is 1.88. The maximum Gasteiger partial charge on any atom is 0.329 e. The van der Waals surface area contributed by atoms with E-state index in [-0.39, 0.29) is 0 Å². The molecule has 3 aromatic rings. The molecule has 0 aromatic carbocycles. The van der Waals surface area contributed by atoms with Crippen LogP contribution in [0.3, 0.4) is 0 Å². The lowest BCUT2D eigenvalue weighted by atomic mass is 10.4. The number of aryl methyl sites for hydroxylation is 1. The number of rotatable bonds is 2. The molecule has 0 saturated carbocycles. The SMILES string of the molecule is Cn1c(=O)[nH]c(=O)c2c1nc1n2CCN1Cc1ccco1. The highest BCUT2D eigenvalue weighted by atomic mass is 16.3. The summed E-state index contributed by atoms with van der Waals surface area (Å²) in [6.07, 6.45) is 1.63. The smallest absolute Gasteiger partial charge is 0.329 e. The van der Waals surface area contributed by atoms with Gasteiger partial charge in [-0.2, -0.15) is 4.98 Å². The van der Waals surface area contributed by atoms with Crippen LogP contribution in [0.2, 0.25) is 0 Å². The van der Waals surface area contributed by atoms with Gasteiger partial charge in [-0.25, -0.2) is 4.79 Å². The average molecular weight is 287 g/mol.